The Bertz CT molecular complexity index is 788. The lowest BCUT2D eigenvalue weighted by Crippen LogP contribution is -2.33. The number of para-hydroxylation sites is 2. The normalized spacial score (nSPS) is 18.3. The first-order chi connectivity index (χ1) is 12.2. The molecule has 1 unspecified atom stereocenters. The van der Waals surface area contributed by atoms with Crippen molar-refractivity contribution in [2.75, 3.05) is 24.5 Å². The molecule has 0 bridgehead atoms. The van der Waals surface area contributed by atoms with Crippen LogP contribution in [0.2, 0.25) is 0 Å². The third-order valence-electron chi connectivity index (χ3n) is 5.95. The first-order valence-corrected chi connectivity index (χ1v) is 9.65. The van der Waals surface area contributed by atoms with Gasteiger partial charge in [0.25, 0.3) is 0 Å². The molecule has 0 amide bonds. The topological polar surface area (TPSA) is 6.48 Å². The second kappa shape index (κ2) is 6.68. The van der Waals surface area contributed by atoms with E-state index in [2.05, 4.69) is 72.7 Å². The van der Waals surface area contributed by atoms with Crippen molar-refractivity contribution in [3.05, 3.63) is 65.7 Å². The second-order valence-electron chi connectivity index (χ2n) is 7.17. The highest BCUT2D eigenvalue weighted by Gasteiger charge is 2.37. The van der Waals surface area contributed by atoms with Gasteiger partial charge in [0, 0.05) is 17.8 Å². The van der Waals surface area contributed by atoms with Crippen molar-refractivity contribution in [2.45, 2.75) is 39.2 Å². The van der Waals surface area contributed by atoms with Crippen LogP contribution in [-0.2, 0) is 12.8 Å². The van der Waals surface area contributed by atoms with Gasteiger partial charge in [0.2, 0.25) is 0 Å². The van der Waals surface area contributed by atoms with Crippen molar-refractivity contribution in [1.82, 2.24) is 4.90 Å². The van der Waals surface area contributed by atoms with Gasteiger partial charge in [-0.25, -0.2) is 0 Å². The van der Waals surface area contributed by atoms with Crippen LogP contribution in [0.25, 0.3) is 5.57 Å². The lowest BCUT2D eigenvalue weighted by Gasteiger charge is -2.31. The number of nitrogens with zero attached hydrogens (tertiary/aromatic N) is 2. The molecule has 0 saturated carbocycles. The zero-order valence-electron chi connectivity index (χ0n) is 15.5. The molecule has 2 nitrogen and oxygen atoms in total. The maximum Gasteiger partial charge on any atom is 0.0605 e. The molecule has 2 aliphatic rings. The maximum atomic E-state index is 4.52. The molecule has 0 aromatic heterocycles. The zero-order valence-corrected chi connectivity index (χ0v) is 15.5. The molecule has 2 aromatic rings. The summed E-state index contributed by atoms with van der Waals surface area (Å²) in [5.41, 5.74) is 8.39. The fourth-order valence-corrected chi connectivity index (χ4v) is 4.49. The van der Waals surface area contributed by atoms with Gasteiger partial charge in [-0.2, -0.15) is 0 Å². The lowest BCUT2D eigenvalue weighted by atomic mass is 9.97. The molecule has 0 fully saturated rings. The maximum absolute atomic E-state index is 4.52. The van der Waals surface area contributed by atoms with Crippen LogP contribution < -0.4 is 4.90 Å². The first kappa shape index (κ1) is 16.4. The Balaban J connectivity index is 1.77. The number of anilines is 2. The van der Waals surface area contributed by atoms with Crippen LogP contribution in [-0.4, -0.2) is 30.6 Å². The number of aryl methyl sites for hydroxylation is 2. The smallest absolute Gasteiger partial charge is 0.0605 e. The van der Waals surface area contributed by atoms with Crippen molar-refractivity contribution in [3.8, 4) is 0 Å². The van der Waals surface area contributed by atoms with Gasteiger partial charge in [0.15, 0.2) is 0 Å². The number of hydrogen-bond donors (Lipinski definition) is 0. The van der Waals surface area contributed by atoms with E-state index in [-0.39, 0.29) is 0 Å². The van der Waals surface area contributed by atoms with E-state index < -0.39 is 0 Å². The Morgan fingerprint density at radius 3 is 2.52 bits per heavy atom. The predicted molar refractivity (Wildman–Crippen MR) is 108 cm³/mol. The van der Waals surface area contributed by atoms with E-state index in [4.69, 9.17) is 0 Å². The van der Waals surface area contributed by atoms with Crippen LogP contribution in [0, 0.1) is 0 Å². The number of hydrogen-bond acceptors (Lipinski definition) is 2. The third kappa shape index (κ3) is 2.69. The number of fused-ring (bicyclic) bond motifs is 2. The van der Waals surface area contributed by atoms with Crippen molar-refractivity contribution >= 4 is 16.9 Å². The van der Waals surface area contributed by atoms with E-state index in [9.17, 15) is 0 Å². The summed E-state index contributed by atoms with van der Waals surface area (Å²) >= 11 is 0. The average Bonchev–Trinajstić information content (AvgIpc) is 2.83. The quantitative estimate of drug-likeness (QED) is 0.756. The fraction of sp³-hybridized carbons (Fsp3) is 0.391. The molecule has 2 aliphatic heterocycles. The summed E-state index contributed by atoms with van der Waals surface area (Å²) < 4.78 is 0. The van der Waals surface area contributed by atoms with E-state index in [0.29, 0.717) is 6.04 Å². The van der Waals surface area contributed by atoms with Crippen molar-refractivity contribution in [3.63, 3.8) is 0 Å². The average molecular weight is 332 g/mol. The minimum atomic E-state index is 0.371. The van der Waals surface area contributed by atoms with Gasteiger partial charge >= 0.3 is 0 Å². The Hall–Kier alpha value is -2.06. The minimum absolute atomic E-state index is 0.371. The summed E-state index contributed by atoms with van der Waals surface area (Å²) in [6.45, 7) is 12.4. The lowest BCUT2D eigenvalue weighted by molar-refractivity contribution is 0.297. The molecular formula is C23H28N2. The molecule has 0 aliphatic carbocycles. The molecule has 0 saturated heterocycles. The fourth-order valence-electron chi connectivity index (χ4n) is 4.49. The predicted octanol–water partition coefficient (Wildman–Crippen LogP) is 5.05. The third-order valence-corrected chi connectivity index (χ3v) is 5.95. The summed E-state index contributed by atoms with van der Waals surface area (Å²) in [5, 5.41) is 0. The van der Waals surface area contributed by atoms with Crippen LogP contribution in [0.3, 0.4) is 0 Å². The van der Waals surface area contributed by atoms with Gasteiger partial charge in [-0.15, -0.1) is 0 Å². The van der Waals surface area contributed by atoms with Gasteiger partial charge in [-0.1, -0.05) is 56.8 Å². The van der Waals surface area contributed by atoms with E-state index in [1.165, 1.54) is 33.6 Å². The molecule has 0 radical (unpaired) electrons. The van der Waals surface area contributed by atoms with Gasteiger partial charge in [0.05, 0.1) is 11.7 Å². The van der Waals surface area contributed by atoms with Gasteiger partial charge < -0.3 is 9.80 Å². The molecule has 4 rings (SSSR count). The summed E-state index contributed by atoms with van der Waals surface area (Å²) in [6.07, 6.45) is 3.37. The van der Waals surface area contributed by atoms with Crippen LogP contribution in [0.4, 0.5) is 11.4 Å². The second-order valence-corrected chi connectivity index (χ2v) is 7.17. The highest BCUT2D eigenvalue weighted by molar-refractivity contribution is 5.94. The molecule has 2 heterocycles. The molecule has 0 N–H and O–H groups in total. The van der Waals surface area contributed by atoms with Crippen molar-refractivity contribution in [2.24, 2.45) is 0 Å². The molecule has 25 heavy (non-hydrogen) atoms. The van der Waals surface area contributed by atoms with E-state index >= 15 is 0 Å². The Labute approximate surface area is 151 Å². The van der Waals surface area contributed by atoms with Crippen molar-refractivity contribution < 1.29 is 0 Å². The van der Waals surface area contributed by atoms with Crippen LogP contribution in [0.5, 0.6) is 0 Å². The molecule has 1 atom stereocenters. The summed E-state index contributed by atoms with van der Waals surface area (Å²) in [5.74, 6) is 0. The van der Waals surface area contributed by atoms with Crippen molar-refractivity contribution in [1.29, 1.82) is 0 Å². The SMILES string of the molecule is C=C1c2cccc3c2N(c2ccccc2CC3)C1CCN(CC)CC. The Morgan fingerprint density at radius 1 is 1.00 bits per heavy atom. The molecule has 130 valence electrons. The largest absolute Gasteiger partial charge is 0.333 e. The minimum Gasteiger partial charge on any atom is -0.333 e. The van der Waals surface area contributed by atoms with Gasteiger partial charge in [-0.05, 0) is 55.1 Å². The van der Waals surface area contributed by atoms with E-state index in [0.717, 1.165) is 38.9 Å². The van der Waals surface area contributed by atoms with Gasteiger partial charge in [0.1, 0.15) is 0 Å². The summed E-state index contributed by atoms with van der Waals surface area (Å²) in [4.78, 5) is 5.11. The number of benzene rings is 2. The Kier molecular flexibility index (Phi) is 4.39. The van der Waals surface area contributed by atoms with Crippen LogP contribution in [0.15, 0.2) is 49.0 Å². The zero-order chi connectivity index (χ0) is 17.4. The number of rotatable bonds is 5. The first-order valence-electron chi connectivity index (χ1n) is 9.65. The monoisotopic (exact) mass is 332 g/mol. The standard InChI is InChI=1S/C23H28N2/c1-4-24(5-2)16-15-21-17(3)20-11-8-10-19-14-13-18-9-6-7-12-22(18)25(21)23(19)20/h6-12,21H,3-5,13-16H2,1-2H3. The molecule has 0 spiro atoms. The van der Waals surface area contributed by atoms with Gasteiger partial charge in [-0.3, -0.25) is 0 Å². The summed E-state index contributed by atoms with van der Waals surface area (Å²) in [6, 6.07) is 16.1. The molecule has 2 aromatic carbocycles. The Morgan fingerprint density at radius 2 is 1.72 bits per heavy atom. The molecule has 2 heteroatoms. The highest BCUT2D eigenvalue weighted by atomic mass is 15.2. The van der Waals surface area contributed by atoms with E-state index in [1.807, 2.05) is 0 Å². The summed E-state index contributed by atoms with van der Waals surface area (Å²) in [7, 11) is 0. The highest BCUT2D eigenvalue weighted by Crippen LogP contribution is 2.49. The van der Waals surface area contributed by atoms with E-state index in [1.54, 1.807) is 0 Å². The molecular weight excluding hydrogens is 304 g/mol. The van der Waals surface area contributed by atoms with Crippen LogP contribution in [0.1, 0.15) is 37.0 Å². The van der Waals surface area contributed by atoms with Crippen LogP contribution >= 0.6 is 0 Å².